The molecule has 1 aromatic rings. The average Bonchev–Trinajstić information content (AvgIpc) is 2.48. The summed E-state index contributed by atoms with van der Waals surface area (Å²) in [7, 11) is 2.21. The third-order valence-corrected chi connectivity index (χ3v) is 3.55. The first-order valence-electron chi connectivity index (χ1n) is 6.51. The van der Waals surface area contributed by atoms with Gasteiger partial charge in [0.1, 0.15) is 0 Å². The predicted octanol–water partition coefficient (Wildman–Crippen LogP) is 3.72. The summed E-state index contributed by atoms with van der Waals surface area (Å²) >= 11 is 0. The third-order valence-electron chi connectivity index (χ3n) is 3.55. The lowest BCUT2D eigenvalue weighted by atomic mass is 9.85. The summed E-state index contributed by atoms with van der Waals surface area (Å²) in [5, 5.41) is 0. The standard InChI is InChI=1S/C15H14F4O3/c1-21-13-9(3-4-11(16)12(13)17)8-5-6-15(18,19)7-10(8)14(20)22-2/h3-4H,5-7H2,1-2H3. The van der Waals surface area contributed by atoms with Gasteiger partial charge in [-0.1, -0.05) is 0 Å². The van der Waals surface area contributed by atoms with Crippen LogP contribution in [0.3, 0.4) is 0 Å². The van der Waals surface area contributed by atoms with E-state index in [1.807, 2.05) is 0 Å². The normalized spacial score (nSPS) is 17.4. The smallest absolute Gasteiger partial charge is 0.334 e. The molecule has 1 aliphatic carbocycles. The fourth-order valence-corrected chi connectivity index (χ4v) is 2.50. The zero-order chi connectivity index (χ0) is 16.5. The lowest BCUT2D eigenvalue weighted by Gasteiger charge is -2.26. The molecular formula is C15H14F4O3. The molecule has 0 saturated carbocycles. The molecule has 0 aromatic heterocycles. The molecular weight excluding hydrogens is 304 g/mol. The molecule has 0 spiro atoms. The Morgan fingerprint density at radius 3 is 2.50 bits per heavy atom. The minimum Gasteiger partial charge on any atom is -0.493 e. The number of hydrogen-bond acceptors (Lipinski definition) is 3. The van der Waals surface area contributed by atoms with Gasteiger partial charge in [0.25, 0.3) is 5.92 Å². The van der Waals surface area contributed by atoms with Crippen molar-refractivity contribution in [3.05, 3.63) is 34.9 Å². The first-order chi connectivity index (χ1) is 10.3. The molecule has 1 aromatic carbocycles. The van der Waals surface area contributed by atoms with Gasteiger partial charge in [-0.05, 0) is 24.1 Å². The van der Waals surface area contributed by atoms with Crippen molar-refractivity contribution in [1.82, 2.24) is 0 Å². The molecule has 0 heterocycles. The number of hydrogen-bond donors (Lipinski definition) is 0. The van der Waals surface area contributed by atoms with E-state index in [4.69, 9.17) is 4.74 Å². The highest BCUT2D eigenvalue weighted by Gasteiger charge is 2.39. The summed E-state index contributed by atoms with van der Waals surface area (Å²) in [6.07, 6.45) is -1.47. The topological polar surface area (TPSA) is 35.5 Å². The van der Waals surface area contributed by atoms with Crippen LogP contribution in [0.15, 0.2) is 17.7 Å². The maximum atomic E-state index is 13.8. The van der Waals surface area contributed by atoms with Gasteiger partial charge < -0.3 is 9.47 Å². The lowest BCUT2D eigenvalue weighted by Crippen LogP contribution is -2.26. The van der Waals surface area contributed by atoms with E-state index in [1.54, 1.807) is 0 Å². The van der Waals surface area contributed by atoms with Crippen molar-refractivity contribution in [3.63, 3.8) is 0 Å². The van der Waals surface area contributed by atoms with E-state index in [9.17, 15) is 22.4 Å². The molecule has 7 heteroatoms. The van der Waals surface area contributed by atoms with E-state index >= 15 is 0 Å². The van der Waals surface area contributed by atoms with Crippen LogP contribution in [-0.2, 0) is 9.53 Å². The molecule has 120 valence electrons. The molecule has 0 N–H and O–H groups in total. The summed E-state index contributed by atoms with van der Waals surface area (Å²) in [6.45, 7) is 0. The molecule has 2 rings (SSSR count). The van der Waals surface area contributed by atoms with Crippen LogP contribution in [0.1, 0.15) is 24.8 Å². The minimum atomic E-state index is -3.04. The molecule has 22 heavy (non-hydrogen) atoms. The Labute approximate surface area is 124 Å². The molecule has 0 fully saturated rings. The Kier molecular flexibility index (Phi) is 4.44. The van der Waals surface area contributed by atoms with Crippen LogP contribution in [0.2, 0.25) is 0 Å². The van der Waals surface area contributed by atoms with Crippen LogP contribution in [0.25, 0.3) is 5.57 Å². The molecule has 0 atom stereocenters. The summed E-state index contributed by atoms with van der Waals surface area (Å²) < 4.78 is 63.5. The van der Waals surface area contributed by atoms with Crippen molar-refractivity contribution in [2.45, 2.75) is 25.2 Å². The number of rotatable bonds is 3. The van der Waals surface area contributed by atoms with Crippen LogP contribution < -0.4 is 4.74 Å². The predicted molar refractivity (Wildman–Crippen MR) is 70.6 cm³/mol. The van der Waals surface area contributed by atoms with Crippen LogP contribution in [0.5, 0.6) is 5.75 Å². The van der Waals surface area contributed by atoms with Gasteiger partial charge in [-0.15, -0.1) is 0 Å². The van der Waals surface area contributed by atoms with Crippen molar-refractivity contribution in [3.8, 4) is 5.75 Å². The number of benzene rings is 1. The lowest BCUT2D eigenvalue weighted by molar-refractivity contribution is -0.137. The zero-order valence-corrected chi connectivity index (χ0v) is 12.0. The molecule has 1 aliphatic rings. The maximum Gasteiger partial charge on any atom is 0.334 e. The SMILES string of the molecule is COC(=O)C1=C(c2ccc(F)c(F)c2OC)CCC(F)(F)C1. The maximum absolute atomic E-state index is 13.8. The van der Waals surface area contributed by atoms with Gasteiger partial charge >= 0.3 is 5.97 Å². The quantitative estimate of drug-likeness (QED) is 0.629. The zero-order valence-electron chi connectivity index (χ0n) is 12.0. The Balaban J connectivity index is 2.64. The highest BCUT2D eigenvalue weighted by atomic mass is 19.3. The van der Waals surface area contributed by atoms with E-state index in [2.05, 4.69) is 4.74 Å². The fraction of sp³-hybridized carbons (Fsp3) is 0.400. The molecule has 0 radical (unpaired) electrons. The number of alkyl halides is 2. The number of methoxy groups -OCH3 is 2. The van der Waals surface area contributed by atoms with Crippen molar-refractivity contribution < 1.29 is 31.8 Å². The third kappa shape index (κ3) is 2.93. The fourth-order valence-electron chi connectivity index (χ4n) is 2.50. The summed E-state index contributed by atoms with van der Waals surface area (Å²) in [5.74, 6) is -6.72. The first-order valence-corrected chi connectivity index (χ1v) is 6.51. The molecule has 3 nitrogen and oxygen atoms in total. The van der Waals surface area contributed by atoms with E-state index in [1.165, 1.54) is 6.07 Å². The van der Waals surface area contributed by atoms with Gasteiger partial charge in [-0.3, -0.25) is 0 Å². The van der Waals surface area contributed by atoms with Crippen molar-refractivity contribution in [2.75, 3.05) is 14.2 Å². The van der Waals surface area contributed by atoms with Crippen molar-refractivity contribution in [2.24, 2.45) is 0 Å². The number of halogens is 4. The highest BCUT2D eigenvalue weighted by Crippen LogP contribution is 2.44. The molecule has 0 aliphatic heterocycles. The summed E-state index contributed by atoms with van der Waals surface area (Å²) in [6, 6.07) is 2.07. The van der Waals surface area contributed by atoms with E-state index in [0.717, 1.165) is 20.3 Å². The second-order valence-corrected chi connectivity index (χ2v) is 4.92. The van der Waals surface area contributed by atoms with Crippen molar-refractivity contribution in [1.29, 1.82) is 0 Å². The van der Waals surface area contributed by atoms with E-state index in [-0.39, 0.29) is 23.1 Å². The number of esters is 1. The van der Waals surface area contributed by atoms with Gasteiger partial charge in [0.15, 0.2) is 11.6 Å². The van der Waals surface area contributed by atoms with E-state index < -0.39 is 42.1 Å². The minimum absolute atomic E-state index is 0.0808. The highest BCUT2D eigenvalue weighted by molar-refractivity contribution is 5.99. The van der Waals surface area contributed by atoms with Crippen molar-refractivity contribution >= 4 is 11.5 Å². The van der Waals surface area contributed by atoms with Crippen LogP contribution >= 0.6 is 0 Å². The number of carbonyl (C=O) groups is 1. The van der Waals surface area contributed by atoms with Crippen LogP contribution in [0, 0.1) is 11.6 Å². The molecule has 0 amide bonds. The van der Waals surface area contributed by atoms with Crippen LogP contribution in [0.4, 0.5) is 17.6 Å². The van der Waals surface area contributed by atoms with Gasteiger partial charge in [0.2, 0.25) is 5.82 Å². The van der Waals surface area contributed by atoms with Gasteiger partial charge in [0, 0.05) is 24.0 Å². The average molecular weight is 318 g/mol. The van der Waals surface area contributed by atoms with E-state index in [0.29, 0.717) is 0 Å². The van der Waals surface area contributed by atoms with Gasteiger partial charge in [-0.2, -0.15) is 4.39 Å². The second-order valence-electron chi connectivity index (χ2n) is 4.92. The van der Waals surface area contributed by atoms with Crippen LogP contribution in [-0.4, -0.2) is 26.1 Å². The largest absolute Gasteiger partial charge is 0.493 e. The Morgan fingerprint density at radius 1 is 1.23 bits per heavy atom. The summed E-state index contributed by atoms with van der Waals surface area (Å²) in [5.41, 5.74) is 0.0221. The van der Waals surface area contributed by atoms with Gasteiger partial charge in [0.05, 0.1) is 14.2 Å². The Bertz CT molecular complexity index is 638. The first kappa shape index (κ1) is 16.3. The second kappa shape index (κ2) is 5.98. The summed E-state index contributed by atoms with van der Waals surface area (Å²) in [4.78, 5) is 11.8. The number of allylic oxidation sites excluding steroid dienone is 1. The Morgan fingerprint density at radius 2 is 1.91 bits per heavy atom. The number of carbonyl (C=O) groups excluding carboxylic acids is 1. The molecule has 0 saturated heterocycles. The number of ether oxygens (including phenoxy) is 2. The van der Waals surface area contributed by atoms with Gasteiger partial charge in [-0.25, -0.2) is 18.0 Å². The Hall–Kier alpha value is -2.05. The monoisotopic (exact) mass is 318 g/mol. The molecule has 0 bridgehead atoms. The molecule has 0 unspecified atom stereocenters.